The van der Waals surface area contributed by atoms with Crippen molar-refractivity contribution in [1.29, 1.82) is 0 Å². The lowest BCUT2D eigenvalue weighted by molar-refractivity contribution is -0.143. The van der Waals surface area contributed by atoms with Gasteiger partial charge in [-0.15, -0.1) is 0 Å². The van der Waals surface area contributed by atoms with E-state index in [1.807, 2.05) is 6.92 Å². The Bertz CT molecular complexity index is 1420. The number of ether oxygens (including phenoxy) is 2. The van der Waals surface area contributed by atoms with E-state index in [1.165, 1.54) is 24.2 Å². The van der Waals surface area contributed by atoms with Gasteiger partial charge in [0.25, 0.3) is 5.91 Å². The third kappa shape index (κ3) is 11.4. The zero-order valence-electron chi connectivity index (χ0n) is 35.4. The van der Waals surface area contributed by atoms with Crippen molar-refractivity contribution in [2.75, 3.05) is 27.2 Å². The number of allylic oxidation sites excluding steroid dienone is 1. The van der Waals surface area contributed by atoms with Crippen molar-refractivity contribution in [3.05, 3.63) is 11.3 Å². The van der Waals surface area contributed by atoms with Gasteiger partial charge in [-0.3, -0.25) is 19.2 Å². The molecule has 5 aliphatic rings. The first kappa shape index (κ1) is 45.0. The molecule has 0 aromatic heterocycles. The Morgan fingerprint density at radius 1 is 0.877 bits per heavy atom. The monoisotopic (exact) mass is 800 g/mol. The maximum absolute atomic E-state index is 14.0. The van der Waals surface area contributed by atoms with Crippen molar-refractivity contribution in [3.63, 3.8) is 0 Å². The predicted molar refractivity (Wildman–Crippen MR) is 218 cm³/mol. The number of rotatable bonds is 21. The minimum absolute atomic E-state index is 0.0520. The zero-order chi connectivity index (χ0) is 41.3. The number of nitrogens with zero attached hydrogens (tertiary/aromatic N) is 1. The topological polar surface area (TPSA) is 207 Å². The van der Waals surface area contributed by atoms with Gasteiger partial charge in [-0.1, -0.05) is 45.4 Å². The lowest BCUT2D eigenvalue weighted by Gasteiger charge is -2.56. The molecule has 0 aliphatic heterocycles. The Balaban J connectivity index is 1.26. The van der Waals surface area contributed by atoms with Gasteiger partial charge in [0.2, 0.25) is 17.7 Å². The van der Waals surface area contributed by atoms with Crippen LogP contribution in [0.1, 0.15) is 136 Å². The molecule has 2 spiro atoms. The zero-order valence-corrected chi connectivity index (χ0v) is 35.4. The van der Waals surface area contributed by atoms with Crippen molar-refractivity contribution in [2.45, 2.75) is 179 Å². The molecule has 5 rings (SSSR count). The first-order valence-electron chi connectivity index (χ1n) is 22.0. The molecule has 57 heavy (non-hydrogen) atoms. The molecule has 0 bridgehead atoms. The smallest absolute Gasteiger partial charge is 0.253 e. The highest BCUT2D eigenvalue weighted by Gasteiger charge is 2.52. The van der Waals surface area contributed by atoms with Gasteiger partial charge in [0, 0.05) is 26.1 Å². The van der Waals surface area contributed by atoms with Crippen LogP contribution in [0.15, 0.2) is 11.3 Å². The van der Waals surface area contributed by atoms with Crippen LogP contribution >= 0.6 is 0 Å². The van der Waals surface area contributed by atoms with E-state index in [2.05, 4.69) is 21.3 Å². The van der Waals surface area contributed by atoms with E-state index in [-0.39, 0.29) is 48.4 Å². The number of likely N-dealkylation sites (N-methyl/N-ethyl adjacent to an activating group) is 2. The van der Waals surface area contributed by atoms with Crippen LogP contribution in [-0.4, -0.2) is 105 Å². The van der Waals surface area contributed by atoms with Crippen LogP contribution < -0.4 is 32.7 Å². The van der Waals surface area contributed by atoms with Gasteiger partial charge < -0.3 is 51.9 Å². The fourth-order valence-electron chi connectivity index (χ4n) is 10.5. The summed E-state index contributed by atoms with van der Waals surface area (Å²) in [6.45, 7) is 5.16. The van der Waals surface area contributed by atoms with Crippen LogP contribution in [0.4, 0.5) is 0 Å². The minimum Gasteiger partial charge on any atom is -0.475 e. The average molecular weight is 800 g/mol. The fraction of sp³-hybridized carbons (Fsp3) is 0.837. The van der Waals surface area contributed by atoms with Crippen LogP contribution in [0.5, 0.6) is 0 Å². The normalized spacial score (nSPS) is 27.4. The van der Waals surface area contributed by atoms with Crippen molar-refractivity contribution >= 4 is 29.9 Å². The predicted octanol–water partition coefficient (Wildman–Crippen LogP) is 3.31. The second-order valence-electron chi connectivity index (χ2n) is 18.5. The standard InChI is InChI=1S/C43H73N7O7/c1-6-12-32(25-51)50(5)41(55)27(2)36(17-29-18-42(19-29)15-11-16-42)57-28(3)47-39(53)35(26-56-33-22-43(23-33)20-31(45)21-43)49-38(52)34(24-44)48-40(54)37(46-4)30-13-9-7-8-10-14-30/h25,28-35,37,46H,6-24,26,44-45H2,1-5H3,(H,47,53)(H,48,54)(H,49,52)/b36-27-/t28-,31?,32?,33?,34?,35?,37?,43?/m0/s1. The van der Waals surface area contributed by atoms with Crippen molar-refractivity contribution in [1.82, 2.24) is 26.2 Å². The highest BCUT2D eigenvalue weighted by atomic mass is 16.5. The molecule has 8 N–H and O–H groups in total. The Morgan fingerprint density at radius 3 is 2.05 bits per heavy atom. The third-order valence-electron chi connectivity index (χ3n) is 14.0. The van der Waals surface area contributed by atoms with Gasteiger partial charge >= 0.3 is 0 Å². The number of hydrogen-bond donors (Lipinski definition) is 6. The van der Waals surface area contributed by atoms with Gasteiger partial charge in [-0.05, 0) is 114 Å². The lowest BCUT2D eigenvalue weighted by atomic mass is 9.51. The van der Waals surface area contributed by atoms with Gasteiger partial charge in [0.05, 0.1) is 30.4 Å². The second-order valence-corrected chi connectivity index (χ2v) is 18.5. The van der Waals surface area contributed by atoms with Crippen LogP contribution in [0.2, 0.25) is 0 Å². The summed E-state index contributed by atoms with van der Waals surface area (Å²) in [7, 11) is 3.40. The Hall–Kier alpha value is -3.07. The molecule has 5 fully saturated rings. The summed E-state index contributed by atoms with van der Waals surface area (Å²) >= 11 is 0. The summed E-state index contributed by atoms with van der Waals surface area (Å²) < 4.78 is 12.6. The SMILES string of the molecule is CCCC(C=O)N(C)C(=O)/C(C)=C(/CC1CC2(CCC2)C1)O[C@@H](C)NC(=O)C(COC1CC2(CC(N)C2)C1)NC(=O)C(CN)NC(=O)C(NC)C1CCCCCC1. The number of nitrogens with one attached hydrogen (secondary N) is 4. The summed E-state index contributed by atoms with van der Waals surface area (Å²) in [4.78, 5) is 68.4. The number of carbonyl (C=O) groups is 5. The van der Waals surface area contributed by atoms with Crippen molar-refractivity contribution in [3.8, 4) is 0 Å². The van der Waals surface area contributed by atoms with Gasteiger partial charge in [0.1, 0.15) is 24.1 Å². The second kappa shape index (κ2) is 20.3. The summed E-state index contributed by atoms with van der Waals surface area (Å²) in [5, 5.41) is 11.7. The van der Waals surface area contributed by atoms with E-state index < -0.39 is 42.2 Å². The van der Waals surface area contributed by atoms with E-state index in [0.717, 1.165) is 89.8 Å². The maximum Gasteiger partial charge on any atom is 0.253 e. The minimum atomic E-state index is -1.11. The molecular weight excluding hydrogens is 727 g/mol. The first-order chi connectivity index (χ1) is 27.2. The quantitative estimate of drug-likeness (QED) is 0.0329. The van der Waals surface area contributed by atoms with E-state index >= 15 is 0 Å². The van der Waals surface area contributed by atoms with Crippen molar-refractivity contribution in [2.24, 2.45) is 34.1 Å². The van der Waals surface area contributed by atoms with Gasteiger partial charge in [-0.2, -0.15) is 0 Å². The van der Waals surface area contributed by atoms with E-state index in [4.69, 9.17) is 20.9 Å². The summed E-state index contributed by atoms with van der Waals surface area (Å²) in [6.07, 6.45) is 17.6. The Morgan fingerprint density at radius 2 is 1.51 bits per heavy atom. The van der Waals surface area contributed by atoms with Crippen LogP contribution in [0.3, 0.4) is 0 Å². The molecule has 0 aromatic carbocycles. The highest BCUT2D eigenvalue weighted by Crippen LogP contribution is 2.60. The Labute approximate surface area is 340 Å². The van der Waals surface area contributed by atoms with Crippen molar-refractivity contribution < 1.29 is 33.4 Å². The molecule has 0 heterocycles. The maximum atomic E-state index is 14.0. The summed E-state index contributed by atoms with van der Waals surface area (Å²) in [5.41, 5.74) is 13.2. The molecule has 5 aliphatic carbocycles. The molecule has 322 valence electrons. The number of amides is 4. The number of nitrogens with two attached hydrogens (primary N) is 2. The van der Waals surface area contributed by atoms with E-state index in [1.54, 1.807) is 27.9 Å². The molecule has 14 heteroatoms. The van der Waals surface area contributed by atoms with Gasteiger partial charge in [0.15, 0.2) is 6.23 Å². The number of hydrogen-bond acceptors (Lipinski definition) is 10. The average Bonchev–Trinajstić information content (AvgIpc) is 3.41. The summed E-state index contributed by atoms with van der Waals surface area (Å²) in [6, 6.07) is -2.94. The molecule has 5 saturated carbocycles. The molecular formula is C43H73N7O7. The molecule has 5 atom stereocenters. The first-order valence-corrected chi connectivity index (χ1v) is 22.0. The molecule has 4 amide bonds. The van der Waals surface area contributed by atoms with Crippen LogP contribution in [0, 0.1) is 22.7 Å². The molecule has 14 nitrogen and oxygen atoms in total. The van der Waals surface area contributed by atoms with Gasteiger partial charge in [-0.25, -0.2) is 0 Å². The molecule has 4 unspecified atom stereocenters. The molecule has 0 radical (unpaired) electrons. The number of aldehydes is 1. The number of carbonyl (C=O) groups excluding carboxylic acids is 5. The van der Waals surface area contributed by atoms with Crippen LogP contribution in [-0.2, 0) is 33.4 Å². The molecule has 0 aromatic rings. The van der Waals surface area contributed by atoms with E-state index in [0.29, 0.717) is 35.5 Å². The Kier molecular flexibility index (Phi) is 16.0. The summed E-state index contributed by atoms with van der Waals surface area (Å²) in [5.74, 6) is -0.658. The van der Waals surface area contributed by atoms with E-state index in [9.17, 15) is 24.0 Å². The largest absolute Gasteiger partial charge is 0.475 e. The lowest BCUT2D eigenvalue weighted by Crippen LogP contribution is -2.61. The van der Waals surface area contributed by atoms with Crippen LogP contribution in [0.25, 0.3) is 0 Å². The highest BCUT2D eigenvalue weighted by molar-refractivity contribution is 5.95. The molecule has 0 saturated heterocycles. The fourth-order valence-corrected chi connectivity index (χ4v) is 10.5. The third-order valence-corrected chi connectivity index (χ3v) is 14.0.